The number of hydrogen-bond acceptors (Lipinski definition) is 4. The van der Waals surface area contributed by atoms with E-state index in [4.69, 9.17) is 9.47 Å². The zero-order chi connectivity index (χ0) is 20.0. The molecule has 0 saturated heterocycles. The molecule has 2 aromatic carbocycles. The van der Waals surface area contributed by atoms with Crippen molar-refractivity contribution < 1.29 is 23.5 Å². The number of carbonyl (C=O) groups is 2. The molecular weight excluding hydrogens is 375 g/mol. The van der Waals surface area contributed by atoms with Crippen molar-refractivity contribution in [2.45, 2.75) is 50.2 Å². The van der Waals surface area contributed by atoms with Crippen LogP contribution >= 0.6 is 0 Å². The smallest absolute Gasteiger partial charge is 0.251 e. The van der Waals surface area contributed by atoms with E-state index in [0.717, 1.165) is 25.7 Å². The molecule has 1 aliphatic carbocycles. The topological polar surface area (TPSA) is 76.7 Å². The highest BCUT2D eigenvalue weighted by Gasteiger charge is 2.42. The van der Waals surface area contributed by atoms with E-state index in [9.17, 15) is 14.0 Å². The number of amides is 2. The van der Waals surface area contributed by atoms with Gasteiger partial charge in [-0.25, -0.2) is 4.39 Å². The molecule has 3 aliphatic rings. The van der Waals surface area contributed by atoms with Crippen molar-refractivity contribution in [3.05, 3.63) is 47.8 Å². The molecule has 1 fully saturated rings. The van der Waals surface area contributed by atoms with E-state index < -0.39 is 17.5 Å². The second-order valence-corrected chi connectivity index (χ2v) is 7.86. The summed E-state index contributed by atoms with van der Waals surface area (Å²) in [7, 11) is 0. The van der Waals surface area contributed by atoms with Gasteiger partial charge >= 0.3 is 0 Å². The Kier molecular flexibility index (Phi) is 4.19. The highest BCUT2D eigenvalue weighted by molar-refractivity contribution is 6.05. The fourth-order valence-corrected chi connectivity index (χ4v) is 4.37. The van der Waals surface area contributed by atoms with Gasteiger partial charge in [0.15, 0.2) is 11.5 Å². The maximum atomic E-state index is 13.5. The summed E-state index contributed by atoms with van der Waals surface area (Å²) in [6, 6.07) is 9.38. The highest BCUT2D eigenvalue weighted by atomic mass is 19.1. The molecular formula is C22H21FN2O4. The minimum Gasteiger partial charge on any atom is -0.448 e. The lowest BCUT2D eigenvalue weighted by molar-refractivity contribution is -0.123. The first-order chi connectivity index (χ1) is 14.0. The Morgan fingerprint density at radius 1 is 1.07 bits per heavy atom. The van der Waals surface area contributed by atoms with E-state index in [1.54, 1.807) is 24.3 Å². The van der Waals surface area contributed by atoms with Gasteiger partial charge in [-0.3, -0.25) is 9.59 Å². The normalized spacial score (nSPS) is 21.4. The quantitative estimate of drug-likeness (QED) is 0.793. The molecule has 2 aliphatic heterocycles. The van der Waals surface area contributed by atoms with Gasteiger partial charge in [0.1, 0.15) is 5.82 Å². The van der Waals surface area contributed by atoms with Gasteiger partial charge < -0.3 is 20.1 Å². The summed E-state index contributed by atoms with van der Waals surface area (Å²) in [4.78, 5) is 24.9. The highest BCUT2D eigenvalue weighted by Crippen LogP contribution is 2.46. The molecule has 1 saturated carbocycles. The van der Waals surface area contributed by atoms with Gasteiger partial charge in [-0.2, -0.15) is 0 Å². The van der Waals surface area contributed by atoms with Gasteiger partial charge in [-0.05, 0) is 42.7 Å². The Balaban J connectivity index is 1.35. The van der Waals surface area contributed by atoms with E-state index in [1.807, 2.05) is 0 Å². The Labute approximate surface area is 167 Å². The number of halogens is 1. The molecule has 2 aromatic rings. The predicted molar refractivity (Wildman–Crippen MR) is 105 cm³/mol. The summed E-state index contributed by atoms with van der Waals surface area (Å²) in [5, 5.41) is 5.48. The Morgan fingerprint density at radius 3 is 2.69 bits per heavy atom. The molecule has 0 aromatic heterocycles. The number of nitrogens with one attached hydrogen (secondary N) is 2. The van der Waals surface area contributed by atoms with Crippen LogP contribution in [0.2, 0.25) is 0 Å². The average molecular weight is 396 g/mol. The summed E-state index contributed by atoms with van der Waals surface area (Å²) >= 11 is 0. The molecule has 5 rings (SSSR count). The first kappa shape index (κ1) is 18.0. The largest absolute Gasteiger partial charge is 0.448 e. The van der Waals surface area contributed by atoms with E-state index in [0.29, 0.717) is 28.4 Å². The second kappa shape index (κ2) is 6.76. The Bertz CT molecular complexity index is 1000. The van der Waals surface area contributed by atoms with Crippen LogP contribution < -0.4 is 20.1 Å². The van der Waals surface area contributed by atoms with Gasteiger partial charge in [0.2, 0.25) is 11.8 Å². The first-order valence-corrected chi connectivity index (χ1v) is 9.94. The van der Waals surface area contributed by atoms with Crippen LogP contribution in [0.25, 0.3) is 0 Å². The van der Waals surface area contributed by atoms with Crippen molar-refractivity contribution in [1.29, 1.82) is 0 Å². The molecule has 2 N–H and O–H groups in total. The number of rotatable bonds is 2. The zero-order valence-electron chi connectivity index (χ0n) is 15.8. The third-order valence-electron chi connectivity index (χ3n) is 5.79. The van der Waals surface area contributed by atoms with Crippen LogP contribution in [0.3, 0.4) is 0 Å². The lowest BCUT2D eigenvalue weighted by Crippen LogP contribution is -2.40. The van der Waals surface area contributed by atoms with Gasteiger partial charge in [-0.15, -0.1) is 0 Å². The maximum Gasteiger partial charge on any atom is 0.251 e. The fourth-order valence-electron chi connectivity index (χ4n) is 4.37. The third-order valence-corrected chi connectivity index (χ3v) is 5.79. The summed E-state index contributed by atoms with van der Waals surface area (Å²) in [6.07, 6.45) is 5.05. The Morgan fingerprint density at radius 2 is 1.86 bits per heavy atom. The first-order valence-electron chi connectivity index (χ1n) is 9.94. The van der Waals surface area contributed by atoms with Crippen LogP contribution in [-0.4, -0.2) is 17.6 Å². The third kappa shape index (κ3) is 3.30. The number of benzene rings is 2. The molecule has 1 atom stereocenters. The molecule has 29 heavy (non-hydrogen) atoms. The number of carbonyl (C=O) groups excluding carboxylic acids is 2. The van der Waals surface area contributed by atoms with Gasteiger partial charge in [0.05, 0.1) is 5.92 Å². The molecule has 1 unspecified atom stereocenters. The van der Waals surface area contributed by atoms with Crippen LogP contribution in [0.4, 0.5) is 15.8 Å². The number of ether oxygens (including phenoxy) is 2. The van der Waals surface area contributed by atoms with E-state index in [2.05, 4.69) is 10.6 Å². The van der Waals surface area contributed by atoms with Crippen LogP contribution in [-0.2, 0) is 9.59 Å². The molecule has 0 radical (unpaired) electrons. The van der Waals surface area contributed by atoms with Crippen molar-refractivity contribution in [3.63, 3.8) is 0 Å². The average Bonchev–Trinajstić information content (AvgIpc) is 3.03. The Hall–Kier alpha value is -3.09. The zero-order valence-corrected chi connectivity index (χ0v) is 15.8. The van der Waals surface area contributed by atoms with Crippen LogP contribution in [0.5, 0.6) is 11.5 Å². The summed E-state index contributed by atoms with van der Waals surface area (Å²) in [6.45, 7) is 0. The van der Waals surface area contributed by atoms with Gasteiger partial charge in [0, 0.05) is 36.7 Å². The molecule has 7 heteroatoms. The van der Waals surface area contributed by atoms with Crippen molar-refractivity contribution in [3.8, 4) is 11.5 Å². The summed E-state index contributed by atoms with van der Waals surface area (Å²) in [5.41, 5.74) is 1.51. The van der Waals surface area contributed by atoms with Crippen molar-refractivity contribution >= 4 is 23.2 Å². The minimum atomic E-state index is -0.686. The molecule has 1 spiro atoms. The van der Waals surface area contributed by atoms with E-state index in [-0.39, 0.29) is 18.2 Å². The van der Waals surface area contributed by atoms with Crippen LogP contribution in [0.1, 0.15) is 50.0 Å². The van der Waals surface area contributed by atoms with Crippen LogP contribution in [0.15, 0.2) is 36.4 Å². The van der Waals surface area contributed by atoms with Gasteiger partial charge in [0.25, 0.3) is 5.79 Å². The lowest BCUT2D eigenvalue weighted by atomic mass is 9.89. The minimum absolute atomic E-state index is 0.0120. The number of fused-ring (bicyclic) bond motifs is 2. The monoisotopic (exact) mass is 396 g/mol. The molecule has 150 valence electrons. The predicted octanol–water partition coefficient (Wildman–Crippen LogP) is 4.32. The van der Waals surface area contributed by atoms with Gasteiger partial charge in [-0.1, -0.05) is 12.5 Å². The molecule has 2 heterocycles. The summed E-state index contributed by atoms with van der Waals surface area (Å²) < 4.78 is 25.7. The molecule has 0 bridgehead atoms. The molecule has 6 nitrogen and oxygen atoms in total. The summed E-state index contributed by atoms with van der Waals surface area (Å²) in [5.74, 6) is -1.05. The second-order valence-electron chi connectivity index (χ2n) is 7.86. The van der Waals surface area contributed by atoms with E-state index >= 15 is 0 Å². The fraction of sp³-hybridized carbons (Fsp3) is 0.364. The standard InChI is InChI=1S/C22H21FN2O4/c23-13-4-6-15-16(12-20(26)25-17(15)10-13)21(27)24-14-5-7-18-19(11-14)29-22(28-18)8-2-1-3-9-22/h4-7,10-11,16H,1-3,8-9,12H2,(H,24,27)(H,25,26). The lowest BCUT2D eigenvalue weighted by Gasteiger charge is -2.31. The van der Waals surface area contributed by atoms with E-state index in [1.165, 1.54) is 18.6 Å². The SMILES string of the molecule is O=C1CC(C(=O)Nc2ccc3c(c2)OC2(CCCCC2)O3)c2ccc(F)cc2N1. The van der Waals surface area contributed by atoms with Crippen molar-refractivity contribution in [1.82, 2.24) is 0 Å². The maximum absolute atomic E-state index is 13.5. The van der Waals surface area contributed by atoms with Crippen LogP contribution in [0, 0.1) is 5.82 Å². The molecule has 2 amide bonds. The van der Waals surface area contributed by atoms with Crippen molar-refractivity contribution in [2.24, 2.45) is 0 Å². The van der Waals surface area contributed by atoms with Crippen molar-refractivity contribution in [2.75, 3.05) is 10.6 Å². The number of hydrogen-bond donors (Lipinski definition) is 2. The number of anilines is 2.